The third-order valence-electron chi connectivity index (χ3n) is 4.14. The van der Waals surface area contributed by atoms with Crippen LogP contribution < -0.4 is 9.64 Å². The van der Waals surface area contributed by atoms with Crippen molar-refractivity contribution in [3.8, 4) is 11.9 Å². The summed E-state index contributed by atoms with van der Waals surface area (Å²) in [5, 5.41) is 9.27. The van der Waals surface area contributed by atoms with Gasteiger partial charge in [-0.05, 0) is 24.8 Å². The molecular formula is C15H14F5N3O. The van der Waals surface area contributed by atoms with Crippen LogP contribution in [0.3, 0.4) is 0 Å². The Balaban J connectivity index is 1.96. The number of nitriles is 1. The highest BCUT2D eigenvalue weighted by Gasteiger charge is 2.39. The van der Waals surface area contributed by atoms with E-state index in [1.165, 1.54) is 11.0 Å². The predicted molar refractivity (Wildman–Crippen MR) is 74.0 cm³/mol. The maximum atomic E-state index is 13.3. The summed E-state index contributed by atoms with van der Waals surface area (Å²) in [5.74, 6) is -3.53. The van der Waals surface area contributed by atoms with Gasteiger partial charge in [-0.2, -0.15) is 10.2 Å². The van der Waals surface area contributed by atoms with Gasteiger partial charge < -0.3 is 9.64 Å². The van der Waals surface area contributed by atoms with Crippen molar-refractivity contribution in [2.24, 2.45) is 0 Å². The third kappa shape index (κ3) is 3.68. The smallest absolute Gasteiger partial charge is 0.387 e. The molecule has 24 heavy (non-hydrogen) atoms. The summed E-state index contributed by atoms with van der Waals surface area (Å²) in [6, 6.07) is 3.24. The molecule has 0 spiro atoms. The second kappa shape index (κ2) is 5.76. The molecule has 0 radical (unpaired) electrons. The van der Waals surface area contributed by atoms with E-state index < -0.39 is 31.0 Å². The molecule has 0 amide bonds. The lowest BCUT2D eigenvalue weighted by atomic mass is 10.0. The number of pyridine rings is 1. The molecule has 0 N–H and O–H groups in total. The van der Waals surface area contributed by atoms with Crippen LogP contribution in [0.4, 0.5) is 27.8 Å². The maximum Gasteiger partial charge on any atom is 0.574 e. The highest BCUT2D eigenvalue weighted by atomic mass is 19.4. The van der Waals surface area contributed by atoms with Gasteiger partial charge in [-0.15, -0.1) is 13.2 Å². The Hall–Kier alpha value is -2.11. The van der Waals surface area contributed by atoms with E-state index in [1.807, 2.05) is 6.07 Å². The van der Waals surface area contributed by atoms with E-state index in [1.54, 1.807) is 0 Å². The van der Waals surface area contributed by atoms with Crippen molar-refractivity contribution in [2.75, 3.05) is 18.0 Å². The van der Waals surface area contributed by atoms with Crippen molar-refractivity contribution in [3.63, 3.8) is 0 Å². The number of nitrogens with zero attached hydrogens (tertiary/aromatic N) is 3. The zero-order valence-corrected chi connectivity index (χ0v) is 12.5. The molecule has 1 saturated heterocycles. The van der Waals surface area contributed by atoms with Gasteiger partial charge in [0.15, 0.2) is 5.82 Å². The van der Waals surface area contributed by atoms with E-state index in [2.05, 4.69) is 9.72 Å². The Bertz CT molecular complexity index is 669. The topological polar surface area (TPSA) is 49.1 Å². The van der Waals surface area contributed by atoms with Crippen molar-refractivity contribution >= 4 is 5.82 Å². The van der Waals surface area contributed by atoms with E-state index in [0.717, 1.165) is 0 Å². The molecule has 130 valence electrons. The Morgan fingerprint density at radius 1 is 1.25 bits per heavy atom. The average molecular weight is 347 g/mol. The first kappa shape index (κ1) is 16.7. The van der Waals surface area contributed by atoms with Crippen molar-refractivity contribution in [3.05, 3.63) is 17.2 Å². The summed E-state index contributed by atoms with van der Waals surface area (Å²) in [6.07, 6.45) is -4.36. The van der Waals surface area contributed by atoms with E-state index in [-0.39, 0.29) is 36.0 Å². The second-order valence-corrected chi connectivity index (χ2v) is 6.03. The largest absolute Gasteiger partial charge is 0.574 e. The summed E-state index contributed by atoms with van der Waals surface area (Å²) >= 11 is 0. The number of hydrogen-bond acceptors (Lipinski definition) is 4. The second-order valence-electron chi connectivity index (χ2n) is 6.03. The quantitative estimate of drug-likeness (QED) is 0.777. The number of piperidine rings is 1. The first-order valence-corrected chi connectivity index (χ1v) is 7.52. The van der Waals surface area contributed by atoms with Gasteiger partial charge in [0.05, 0.1) is 5.56 Å². The van der Waals surface area contributed by atoms with Crippen LogP contribution in [-0.2, 0) is 0 Å². The van der Waals surface area contributed by atoms with Crippen LogP contribution >= 0.6 is 0 Å². The molecule has 0 bridgehead atoms. The molecule has 2 fully saturated rings. The van der Waals surface area contributed by atoms with Crippen molar-refractivity contribution < 1.29 is 26.7 Å². The summed E-state index contributed by atoms with van der Waals surface area (Å²) in [5.41, 5.74) is 0.326. The molecule has 1 aliphatic heterocycles. The Morgan fingerprint density at radius 3 is 2.38 bits per heavy atom. The molecule has 4 nitrogen and oxygen atoms in total. The van der Waals surface area contributed by atoms with Gasteiger partial charge in [-0.1, -0.05) is 0 Å². The normalized spacial score (nSPS) is 20.6. The van der Waals surface area contributed by atoms with Crippen LogP contribution in [0.15, 0.2) is 6.07 Å². The number of ether oxygens (including phenoxy) is 1. The minimum atomic E-state index is -4.91. The highest BCUT2D eigenvalue weighted by Crippen LogP contribution is 2.46. The number of anilines is 1. The van der Waals surface area contributed by atoms with Gasteiger partial charge in [-0.25, -0.2) is 8.78 Å². The summed E-state index contributed by atoms with van der Waals surface area (Å²) < 4.78 is 68.4. The average Bonchev–Trinajstić information content (AvgIpc) is 3.30. The molecule has 1 saturated carbocycles. The fourth-order valence-electron chi connectivity index (χ4n) is 2.75. The molecule has 2 aliphatic rings. The maximum absolute atomic E-state index is 13.3. The summed E-state index contributed by atoms with van der Waals surface area (Å²) in [6.45, 7) is -0.161. The molecule has 3 rings (SSSR count). The van der Waals surface area contributed by atoms with Gasteiger partial charge in [-0.3, -0.25) is 0 Å². The number of alkyl halides is 5. The monoisotopic (exact) mass is 347 g/mol. The molecule has 2 heterocycles. The van der Waals surface area contributed by atoms with Crippen LogP contribution in [0.2, 0.25) is 0 Å². The van der Waals surface area contributed by atoms with Gasteiger partial charge in [0, 0.05) is 31.5 Å². The standard InChI is InChI=1S/C15H14F5N3O/c16-14(17)3-5-23(6-4-14)12-10(8-21)7-11(9-1-2-9)13(22-12)24-15(18,19)20/h7,9H,1-6H2. The van der Waals surface area contributed by atoms with Gasteiger partial charge in [0.25, 0.3) is 5.92 Å². The first-order valence-electron chi connectivity index (χ1n) is 7.52. The molecule has 0 atom stereocenters. The zero-order chi connectivity index (χ0) is 17.5. The first-order chi connectivity index (χ1) is 11.2. The summed E-state index contributed by atoms with van der Waals surface area (Å²) in [7, 11) is 0. The van der Waals surface area contributed by atoms with E-state index in [0.29, 0.717) is 12.8 Å². The number of halogens is 5. The van der Waals surface area contributed by atoms with Crippen molar-refractivity contribution in [2.45, 2.75) is 43.9 Å². The summed E-state index contributed by atoms with van der Waals surface area (Å²) in [4.78, 5) is 5.29. The molecule has 1 aromatic rings. The number of hydrogen-bond donors (Lipinski definition) is 0. The molecule has 1 aliphatic carbocycles. The Morgan fingerprint density at radius 2 is 1.88 bits per heavy atom. The predicted octanol–water partition coefficient (Wildman–Crippen LogP) is 3.96. The number of rotatable bonds is 3. The Labute approximate surface area is 134 Å². The van der Waals surface area contributed by atoms with E-state index in [9.17, 15) is 27.2 Å². The Kier molecular flexibility index (Phi) is 4.01. The van der Waals surface area contributed by atoms with Crippen LogP contribution in [0.5, 0.6) is 5.88 Å². The highest BCUT2D eigenvalue weighted by molar-refractivity contribution is 5.58. The van der Waals surface area contributed by atoms with Crippen molar-refractivity contribution in [1.29, 1.82) is 5.26 Å². The number of aromatic nitrogens is 1. The van der Waals surface area contributed by atoms with Gasteiger partial charge >= 0.3 is 6.36 Å². The molecule has 1 aromatic heterocycles. The fourth-order valence-corrected chi connectivity index (χ4v) is 2.75. The lowest BCUT2D eigenvalue weighted by Gasteiger charge is -2.33. The molecule has 0 aromatic carbocycles. The van der Waals surface area contributed by atoms with Gasteiger partial charge in [0.1, 0.15) is 6.07 Å². The van der Waals surface area contributed by atoms with Crippen LogP contribution in [-0.4, -0.2) is 30.4 Å². The fraction of sp³-hybridized carbons (Fsp3) is 0.600. The van der Waals surface area contributed by atoms with Crippen LogP contribution in [0.1, 0.15) is 42.7 Å². The lowest BCUT2D eigenvalue weighted by molar-refractivity contribution is -0.276. The minimum absolute atomic E-state index is 0.0309. The third-order valence-corrected chi connectivity index (χ3v) is 4.14. The van der Waals surface area contributed by atoms with Gasteiger partial charge in [0.2, 0.25) is 5.88 Å². The SMILES string of the molecule is N#Cc1cc(C2CC2)c(OC(F)(F)F)nc1N1CCC(F)(F)CC1. The molecule has 0 unspecified atom stereocenters. The van der Waals surface area contributed by atoms with Crippen LogP contribution in [0.25, 0.3) is 0 Å². The molecular weight excluding hydrogens is 333 g/mol. The van der Waals surface area contributed by atoms with Crippen molar-refractivity contribution in [1.82, 2.24) is 4.98 Å². The van der Waals surface area contributed by atoms with E-state index >= 15 is 0 Å². The minimum Gasteiger partial charge on any atom is -0.387 e. The zero-order valence-electron chi connectivity index (χ0n) is 12.5. The van der Waals surface area contributed by atoms with E-state index in [4.69, 9.17) is 0 Å². The lowest BCUT2D eigenvalue weighted by Crippen LogP contribution is -2.40. The van der Waals surface area contributed by atoms with Crippen LogP contribution in [0, 0.1) is 11.3 Å². The molecule has 9 heteroatoms.